The lowest BCUT2D eigenvalue weighted by Crippen LogP contribution is -2.50. The average molecular weight is 620 g/mol. The number of ether oxygens (including phenoxy) is 1. The van der Waals surface area contributed by atoms with E-state index < -0.39 is 34.1 Å². The molecule has 3 atom stereocenters. The number of nitrogens with zero attached hydrogens (tertiary/aromatic N) is 3. The molecule has 1 aliphatic heterocycles. The van der Waals surface area contributed by atoms with Crippen LogP contribution in [0.4, 0.5) is 16.2 Å². The fourth-order valence-corrected chi connectivity index (χ4v) is 5.76. The lowest BCUT2D eigenvalue weighted by atomic mass is 9.99. The molecule has 0 fully saturated rings. The highest BCUT2D eigenvalue weighted by atomic mass is 35.5. The normalized spacial score (nSPS) is 17.9. The Bertz CT molecular complexity index is 1540. The number of anilines is 2. The summed E-state index contributed by atoms with van der Waals surface area (Å²) >= 11 is 5.93. The molecule has 4 rings (SSSR count). The minimum absolute atomic E-state index is 0.0197. The monoisotopic (exact) mass is 619 g/mol. The van der Waals surface area contributed by atoms with Gasteiger partial charge in [-0.1, -0.05) is 29.7 Å². The van der Waals surface area contributed by atoms with E-state index in [1.165, 1.54) is 46.2 Å². The van der Waals surface area contributed by atoms with E-state index in [0.717, 1.165) is 0 Å². The molecule has 2 heterocycles. The number of hydrogen-bond donors (Lipinski definition) is 3. The van der Waals surface area contributed by atoms with Gasteiger partial charge in [-0.25, -0.2) is 13.2 Å². The Morgan fingerprint density at radius 2 is 1.93 bits per heavy atom. The van der Waals surface area contributed by atoms with Crippen LogP contribution in [0.1, 0.15) is 35.7 Å². The number of nitrogens with one attached hydrogen (secondary N) is 2. The number of aromatic nitrogens is 1. The lowest BCUT2D eigenvalue weighted by molar-refractivity contribution is 0.0373. The molecule has 3 N–H and O–H groups in total. The summed E-state index contributed by atoms with van der Waals surface area (Å²) in [6, 6.07) is 9.27. The second-order valence-electron chi connectivity index (χ2n) is 10.4. The maximum atomic E-state index is 13.7. The third-order valence-corrected chi connectivity index (χ3v) is 8.76. The molecule has 0 bridgehead atoms. The topological polar surface area (TPSA) is 154 Å². The molecule has 0 saturated heterocycles. The standard InChI is InChI=1S/C28H34ClN5O7S/c1-16-13-34(17(2)15-35)27(36)22-7-6-8-23(32-42(38,39)21-11-9-20(29)10-12-21)26(22)40-24(16)14-33(5)28(37)30-25-18(3)31-41-19(25)4/h6-12,16-17,24,32,35H,13-15H2,1-5H3,(H,30,37)/t16-,17+,24+/m0/s1. The molecule has 1 aromatic heterocycles. The van der Waals surface area contributed by atoms with E-state index in [9.17, 15) is 23.1 Å². The summed E-state index contributed by atoms with van der Waals surface area (Å²) < 4.78 is 40.6. The van der Waals surface area contributed by atoms with Gasteiger partial charge in [0.15, 0.2) is 11.5 Å². The molecule has 14 heteroatoms. The second kappa shape index (κ2) is 12.6. The Morgan fingerprint density at radius 3 is 2.55 bits per heavy atom. The highest BCUT2D eigenvalue weighted by molar-refractivity contribution is 7.92. The summed E-state index contributed by atoms with van der Waals surface area (Å²) in [7, 11) is -2.49. The number of hydrogen-bond acceptors (Lipinski definition) is 8. The van der Waals surface area contributed by atoms with Crippen molar-refractivity contribution in [1.82, 2.24) is 15.0 Å². The van der Waals surface area contributed by atoms with E-state index in [1.807, 2.05) is 6.92 Å². The Balaban J connectivity index is 1.70. The van der Waals surface area contributed by atoms with Crippen LogP contribution in [0.25, 0.3) is 0 Å². The van der Waals surface area contributed by atoms with Crippen LogP contribution in [0.3, 0.4) is 0 Å². The predicted octanol–water partition coefficient (Wildman–Crippen LogP) is 4.13. The van der Waals surface area contributed by atoms with Gasteiger partial charge in [-0.2, -0.15) is 0 Å². The number of aliphatic hydroxyl groups excluding tert-OH is 1. The fourth-order valence-electron chi connectivity index (χ4n) is 4.58. The van der Waals surface area contributed by atoms with Crippen LogP contribution in [-0.2, 0) is 10.0 Å². The highest BCUT2D eigenvalue weighted by Crippen LogP contribution is 2.36. The first-order valence-electron chi connectivity index (χ1n) is 13.3. The van der Waals surface area contributed by atoms with Crippen molar-refractivity contribution in [1.29, 1.82) is 0 Å². The molecule has 0 aliphatic carbocycles. The number of urea groups is 1. The summed E-state index contributed by atoms with van der Waals surface area (Å²) in [5.74, 6) is -0.269. The van der Waals surface area contributed by atoms with Crippen molar-refractivity contribution < 1.29 is 32.4 Å². The molecule has 42 heavy (non-hydrogen) atoms. The number of sulfonamides is 1. The van der Waals surface area contributed by atoms with E-state index >= 15 is 0 Å². The molecule has 3 amide bonds. The summed E-state index contributed by atoms with van der Waals surface area (Å²) in [5.41, 5.74) is 1.17. The minimum Gasteiger partial charge on any atom is -0.485 e. The summed E-state index contributed by atoms with van der Waals surface area (Å²) in [5, 5.41) is 16.9. The van der Waals surface area contributed by atoms with Crippen LogP contribution in [0.2, 0.25) is 5.02 Å². The van der Waals surface area contributed by atoms with Crippen LogP contribution < -0.4 is 14.8 Å². The van der Waals surface area contributed by atoms with Crippen molar-refractivity contribution in [3.63, 3.8) is 0 Å². The fraction of sp³-hybridized carbons (Fsp3) is 0.393. The number of aryl methyl sites for hydroxylation is 2. The van der Waals surface area contributed by atoms with Gasteiger partial charge in [0.05, 0.1) is 35.3 Å². The zero-order valence-corrected chi connectivity index (χ0v) is 25.5. The van der Waals surface area contributed by atoms with Gasteiger partial charge in [-0.15, -0.1) is 0 Å². The van der Waals surface area contributed by atoms with E-state index in [-0.39, 0.29) is 47.5 Å². The zero-order valence-electron chi connectivity index (χ0n) is 23.9. The number of aliphatic hydroxyl groups is 1. The van der Waals surface area contributed by atoms with Crippen LogP contribution in [0.15, 0.2) is 51.9 Å². The van der Waals surface area contributed by atoms with Crippen LogP contribution in [0, 0.1) is 19.8 Å². The third-order valence-electron chi connectivity index (χ3n) is 7.13. The van der Waals surface area contributed by atoms with Gasteiger partial charge in [0, 0.05) is 24.5 Å². The molecule has 3 aromatic rings. The van der Waals surface area contributed by atoms with Gasteiger partial charge in [-0.3, -0.25) is 9.52 Å². The van der Waals surface area contributed by atoms with Crippen molar-refractivity contribution in [2.45, 2.75) is 44.7 Å². The first kappa shape index (κ1) is 31.1. The number of carbonyl (C=O) groups excluding carboxylic acids is 2. The quantitative estimate of drug-likeness (QED) is 0.340. The first-order chi connectivity index (χ1) is 19.8. The van der Waals surface area contributed by atoms with Gasteiger partial charge >= 0.3 is 6.03 Å². The maximum Gasteiger partial charge on any atom is 0.321 e. The number of likely N-dealkylation sites (N-methyl/N-ethyl adjacent to an activating group) is 1. The Hall–Kier alpha value is -3.81. The summed E-state index contributed by atoms with van der Waals surface area (Å²) in [6.07, 6.45) is -0.674. The SMILES string of the molecule is Cc1noc(C)c1NC(=O)N(C)C[C@H]1Oc2c(NS(=O)(=O)c3ccc(Cl)cc3)cccc2C(=O)N([C@H](C)CO)C[C@@H]1C. The molecule has 0 spiro atoms. The molecule has 12 nitrogen and oxygen atoms in total. The molecule has 1 aliphatic rings. The van der Waals surface area contributed by atoms with E-state index in [4.69, 9.17) is 20.9 Å². The smallest absolute Gasteiger partial charge is 0.321 e. The van der Waals surface area contributed by atoms with Gasteiger partial charge in [-0.05, 0) is 57.2 Å². The lowest BCUT2D eigenvalue weighted by Gasteiger charge is -2.38. The Labute approximate surface area is 249 Å². The van der Waals surface area contributed by atoms with Gasteiger partial charge < -0.3 is 29.5 Å². The van der Waals surface area contributed by atoms with E-state index in [0.29, 0.717) is 22.2 Å². The number of amides is 3. The Kier molecular flexibility index (Phi) is 9.34. The second-order valence-corrected chi connectivity index (χ2v) is 12.5. The van der Waals surface area contributed by atoms with Gasteiger partial charge in [0.25, 0.3) is 15.9 Å². The molecule has 2 aromatic carbocycles. The van der Waals surface area contributed by atoms with Crippen molar-refractivity contribution in [3.8, 4) is 5.75 Å². The zero-order chi connectivity index (χ0) is 30.8. The molecular formula is C28H34ClN5O7S. The average Bonchev–Trinajstić information content (AvgIpc) is 3.26. The number of carbonyl (C=O) groups is 2. The van der Waals surface area contributed by atoms with E-state index in [1.54, 1.807) is 33.9 Å². The number of rotatable bonds is 8. The van der Waals surface area contributed by atoms with Gasteiger partial charge in [0.1, 0.15) is 17.5 Å². The van der Waals surface area contributed by atoms with Crippen molar-refractivity contribution in [3.05, 3.63) is 64.5 Å². The van der Waals surface area contributed by atoms with E-state index in [2.05, 4.69) is 15.2 Å². The maximum absolute atomic E-state index is 13.7. The largest absolute Gasteiger partial charge is 0.485 e. The van der Waals surface area contributed by atoms with Gasteiger partial charge in [0.2, 0.25) is 0 Å². The first-order valence-corrected chi connectivity index (χ1v) is 15.1. The summed E-state index contributed by atoms with van der Waals surface area (Å²) in [6.45, 7) is 7.02. The molecule has 0 radical (unpaired) electrons. The number of para-hydroxylation sites is 1. The number of halogens is 1. The van der Waals surface area contributed by atoms with Crippen molar-refractivity contribution >= 4 is 44.9 Å². The third kappa shape index (κ3) is 6.63. The van der Waals surface area contributed by atoms with Crippen LogP contribution in [0.5, 0.6) is 5.75 Å². The van der Waals surface area contributed by atoms with Crippen LogP contribution >= 0.6 is 11.6 Å². The summed E-state index contributed by atoms with van der Waals surface area (Å²) in [4.78, 5) is 29.7. The molecule has 226 valence electrons. The molecular weight excluding hydrogens is 586 g/mol. The molecule has 0 unspecified atom stereocenters. The van der Waals surface area contributed by atoms with Crippen LogP contribution in [-0.4, -0.2) is 79.3 Å². The molecule has 0 saturated carbocycles. The predicted molar refractivity (Wildman–Crippen MR) is 157 cm³/mol. The van der Waals surface area contributed by atoms with Crippen molar-refractivity contribution in [2.24, 2.45) is 5.92 Å². The highest BCUT2D eigenvalue weighted by Gasteiger charge is 2.35. The van der Waals surface area contributed by atoms with Crippen molar-refractivity contribution in [2.75, 3.05) is 36.8 Å². The Morgan fingerprint density at radius 1 is 1.24 bits per heavy atom. The number of benzene rings is 2. The number of fused-ring (bicyclic) bond motifs is 1. The minimum atomic E-state index is -4.08.